The molecule has 1 atom stereocenters. The lowest BCUT2D eigenvalue weighted by Gasteiger charge is -2.21. The fourth-order valence-corrected chi connectivity index (χ4v) is 3.92. The highest BCUT2D eigenvalue weighted by Gasteiger charge is 2.26. The molecular formula is C16H26N2O2S. The van der Waals surface area contributed by atoms with Gasteiger partial charge in [0.1, 0.15) is 4.90 Å². The van der Waals surface area contributed by atoms with Gasteiger partial charge in [0.25, 0.3) is 0 Å². The summed E-state index contributed by atoms with van der Waals surface area (Å²) in [5.41, 5.74) is 0.707. The maximum atomic E-state index is 12.4. The van der Waals surface area contributed by atoms with E-state index in [9.17, 15) is 8.42 Å². The van der Waals surface area contributed by atoms with Crippen molar-refractivity contribution in [2.75, 3.05) is 5.32 Å². The molecule has 1 aromatic rings. The number of nitrogens with one attached hydrogen (secondary N) is 2. The summed E-state index contributed by atoms with van der Waals surface area (Å²) < 4.78 is 27.5. The molecular weight excluding hydrogens is 284 g/mol. The monoisotopic (exact) mass is 310 g/mol. The van der Waals surface area contributed by atoms with Crippen LogP contribution in [0.1, 0.15) is 46.5 Å². The molecule has 1 aromatic carbocycles. The van der Waals surface area contributed by atoms with Crippen LogP contribution >= 0.6 is 0 Å². The predicted octanol–water partition coefficient (Wildman–Crippen LogP) is 3.36. The minimum Gasteiger partial charge on any atom is -0.381 e. The zero-order chi connectivity index (χ0) is 15.5. The highest BCUT2D eigenvalue weighted by atomic mass is 32.2. The normalized spacial score (nSPS) is 17.0. The van der Waals surface area contributed by atoms with E-state index in [2.05, 4.69) is 17.0 Å². The fourth-order valence-electron chi connectivity index (χ4n) is 2.50. The van der Waals surface area contributed by atoms with Gasteiger partial charge in [-0.3, -0.25) is 0 Å². The third-order valence-corrected chi connectivity index (χ3v) is 5.45. The largest absolute Gasteiger partial charge is 0.381 e. The molecule has 1 fully saturated rings. The number of sulfonamides is 1. The fraction of sp³-hybridized carbons (Fsp3) is 0.625. The highest BCUT2D eigenvalue weighted by molar-refractivity contribution is 7.89. The van der Waals surface area contributed by atoms with Crippen LogP contribution in [0.25, 0.3) is 0 Å². The molecule has 21 heavy (non-hydrogen) atoms. The van der Waals surface area contributed by atoms with E-state index in [0.29, 0.717) is 16.6 Å². The molecule has 118 valence electrons. The summed E-state index contributed by atoms with van der Waals surface area (Å²) in [6.07, 6.45) is 4.76. The Morgan fingerprint density at radius 2 is 1.90 bits per heavy atom. The van der Waals surface area contributed by atoms with Crippen LogP contribution in [0.2, 0.25) is 0 Å². The molecule has 1 aliphatic carbocycles. The molecule has 1 aliphatic rings. The van der Waals surface area contributed by atoms with E-state index in [1.165, 1.54) is 12.8 Å². The van der Waals surface area contributed by atoms with Crippen molar-refractivity contribution in [2.24, 2.45) is 5.92 Å². The molecule has 0 amide bonds. The van der Waals surface area contributed by atoms with Crippen molar-refractivity contribution in [2.45, 2.75) is 63.4 Å². The Kier molecular flexibility index (Phi) is 5.27. The summed E-state index contributed by atoms with van der Waals surface area (Å²) in [4.78, 5) is 0.341. The number of anilines is 1. The number of benzene rings is 1. The summed E-state index contributed by atoms with van der Waals surface area (Å²) in [5.74, 6) is 0.819. The summed E-state index contributed by atoms with van der Waals surface area (Å²) in [7, 11) is -3.47. The van der Waals surface area contributed by atoms with Gasteiger partial charge in [-0.2, -0.15) is 0 Å². The van der Waals surface area contributed by atoms with Crippen LogP contribution in [0.5, 0.6) is 0 Å². The van der Waals surface area contributed by atoms with Crippen molar-refractivity contribution in [3.63, 3.8) is 0 Å². The molecule has 0 spiro atoms. The van der Waals surface area contributed by atoms with E-state index < -0.39 is 10.0 Å². The minimum absolute atomic E-state index is 0.114. The van der Waals surface area contributed by atoms with E-state index in [1.807, 2.05) is 26.0 Å². The molecule has 1 saturated carbocycles. The first-order valence-corrected chi connectivity index (χ1v) is 9.28. The SMILES string of the molecule is CCC(CC1CC1)Nc1ccccc1S(=O)(=O)NC(C)C. The van der Waals surface area contributed by atoms with Gasteiger partial charge < -0.3 is 5.32 Å². The van der Waals surface area contributed by atoms with Crippen molar-refractivity contribution in [3.8, 4) is 0 Å². The van der Waals surface area contributed by atoms with Crippen molar-refractivity contribution in [3.05, 3.63) is 24.3 Å². The number of rotatable bonds is 8. The number of para-hydroxylation sites is 1. The van der Waals surface area contributed by atoms with Gasteiger partial charge in [0.2, 0.25) is 10.0 Å². The van der Waals surface area contributed by atoms with Crippen molar-refractivity contribution < 1.29 is 8.42 Å². The maximum absolute atomic E-state index is 12.4. The zero-order valence-corrected chi connectivity index (χ0v) is 13.9. The molecule has 1 unspecified atom stereocenters. The second-order valence-corrected chi connectivity index (χ2v) is 7.88. The Morgan fingerprint density at radius 3 is 2.48 bits per heavy atom. The van der Waals surface area contributed by atoms with Crippen LogP contribution in [0.15, 0.2) is 29.2 Å². The van der Waals surface area contributed by atoms with E-state index in [0.717, 1.165) is 18.8 Å². The van der Waals surface area contributed by atoms with Gasteiger partial charge in [-0.05, 0) is 44.7 Å². The summed E-state index contributed by atoms with van der Waals surface area (Å²) >= 11 is 0. The molecule has 0 radical (unpaired) electrons. The zero-order valence-electron chi connectivity index (χ0n) is 13.1. The smallest absolute Gasteiger partial charge is 0.242 e. The number of hydrogen-bond acceptors (Lipinski definition) is 3. The molecule has 0 saturated heterocycles. The second-order valence-electron chi connectivity index (χ2n) is 6.20. The van der Waals surface area contributed by atoms with Gasteiger partial charge in [-0.1, -0.05) is 31.9 Å². The molecule has 5 heteroatoms. The predicted molar refractivity (Wildman–Crippen MR) is 86.9 cm³/mol. The minimum atomic E-state index is -3.47. The van der Waals surface area contributed by atoms with Crippen molar-refractivity contribution in [1.82, 2.24) is 4.72 Å². The van der Waals surface area contributed by atoms with E-state index in [1.54, 1.807) is 12.1 Å². The molecule has 0 aliphatic heterocycles. The number of hydrogen-bond donors (Lipinski definition) is 2. The molecule has 4 nitrogen and oxygen atoms in total. The first-order chi connectivity index (χ1) is 9.92. The standard InChI is InChI=1S/C16H26N2O2S/c1-4-14(11-13-9-10-13)17-15-7-5-6-8-16(15)21(19,20)18-12(2)3/h5-8,12-14,17-18H,4,9-11H2,1-3H3. The van der Waals surface area contributed by atoms with Gasteiger partial charge in [-0.15, -0.1) is 0 Å². The quantitative estimate of drug-likeness (QED) is 0.774. The second kappa shape index (κ2) is 6.79. The Morgan fingerprint density at radius 1 is 1.24 bits per heavy atom. The average molecular weight is 310 g/mol. The van der Waals surface area contributed by atoms with E-state index in [-0.39, 0.29) is 6.04 Å². The third kappa shape index (κ3) is 4.71. The summed E-state index contributed by atoms with van der Waals surface area (Å²) in [6, 6.07) is 7.38. The molecule has 0 aromatic heterocycles. The van der Waals surface area contributed by atoms with Crippen LogP contribution in [0.3, 0.4) is 0 Å². The molecule has 0 heterocycles. The van der Waals surface area contributed by atoms with E-state index >= 15 is 0 Å². The van der Waals surface area contributed by atoms with Gasteiger partial charge in [-0.25, -0.2) is 13.1 Å². The molecule has 2 N–H and O–H groups in total. The van der Waals surface area contributed by atoms with Crippen LogP contribution in [0.4, 0.5) is 5.69 Å². The van der Waals surface area contributed by atoms with Crippen LogP contribution < -0.4 is 10.0 Å². The van der Waals surface area contributed by atoms with Crippen LogP contribution in [-0.2, 0) is 10.0 Å². The van der Waals surface area contributed by atoms with Gasteiger partial charge >= 0.3 is 0 Å². The third-order valence-electron chi connectivity index (χ3n) is 3.73. The first-order valence-electron chi connectivity index (χ1n) is 7.80. The Balaban J connectivity index is 2.19. The lowest BCUT2D eigenvalue weighted by molar-refractivity contribution is 0.567. The highest BCUT2D eigenvalue weighted by Crippen LogP contribution is 2.35. The lowest BCUT2D eigenvalue weighted by Crippen LogP contribution is -2.31. The van der Waals surface area contributed by atoms with Crippen molar-refractivity contribution >= 4 is 15.7 Å². The van der Waals surface area contributed by atoms with E-state index in [4.69, 9.17) is 0 Å². The average Bonchev–Trinajstić information content (AvgIpc) is 3.21. The Hall–Kier alpha value is -1.07. The van der Waals surface area contributed by atoms with Crippen LogP contribution in [0, 0.1) is 5.92 Å². The molecule has 0 bridgehead atoms. The Labute approximate surface area is 128 Å². The lowest BCUT2D eigenvalue weighted by atomic mass is 10.1. The van der Waals surface area contributed by atoms with Gasteiger partial charge in [0.05, 0.1) is 5.69 Å². The van der Waals surface area contributed by atoms with Crippen LogP contribution in [-0.4, -0.2) is 20.5 Å². The van der Waals surface area contributed by atoms with Gasteiger partial charge in [0.15, 0.2) is 0 Å². The topological polar surface area (TPSA) is 58.2 Å². The molecule has 2 rings (SSSR count). The first kappa shape index (κ1) is 16.3. The maximum Gasteiger partial charge on any atom is 0.242 e. The summed E-state index contributed by atoms with van der Waals surface area (Å²) in [6.45, 7) is 5.80. The summed E-state index contributed by atoms with van der Waals surface area (Å²) in [5, 5.41) is 3.43. The Bertz CT molecular complexity index is 565. The van der Waals surface area contributed by atoms with Gasteiger partial charge in [0, 0.05) is 12.1 Å². The van der Waals surface area contributed by atoms with Crippen molar-refractivity contribution in [1.29, 1.82) is 0 Å².